The van der Waals surface area contributed by atoms with Crippen LogP contribution < -0.4 is 15.4 Å². The molecule has 0 saturated carbocycles. The number of Topliss-reactive ketones (excluding diaryl/α,β-unsaturated/α-hetero) is 1. The van der Waals surface area contributed by atoms with E-state index in [1.807, 2.05) is 24.3 Å². The number of fused-ring (bicyclic) bond motifs is 1. The van der Waals surface area contributed by atoms with Gasteiger partial charge in [-0.25, -0.2) is 0 Å². The van der Waals surface area contributed by atoms with Gasteiger partial charge in [-0.2, -0.15) is 9.97 Å². The van der Waals surface area contributed by atoms with Crippen LogP contribution in [-0.4, -0.2) is 40.6 Å². The highest BCUT2D eigenvalue weighted by molar-refractivity contribution is 7.99. The lowest BCUT2D eigenvalue weighted by Gasteiger charge is -2.17. The fraction of sp³-hybridized carbons (Fsp3) is 0.429. The lowest BCUT2D eigenvalue weighted by atomic mass is 10.1. The van der Waals surface area contributed by atoms with Crippen LogP contribution in [0.4, 0.5) is 11.6 Å². The van der Waals surface area contributed by atoms with E-state index in [1.165, 1.54) is 0 Å². The molecule has 154 valence electrons. The lowest BCUT2D eigenvalue weighted by molar-refractivity contribution is -0.117. The minimum atomic E-state index is -0.0300. The third kappa shape index (κ3) is 5.47. The van der Waals surface area contributed by atoms with Crippen molar-refractivity contribution in [2.24, 2.45) is 0 Å². The monoisotopic (exact) mass is 414 g/mol. The number of unbranched alkanes of at least 4 members (excludes halogenated alkanes) is 1. The molecule has 0 aliphatic carbocycles. The molecule has 2 aromatic rings. The van der Waals surface area contributed by atoms with Crippen molar-refractivity contribution in [3.63, 3.8) is 0 Å². The van der Waals surface area contributed by atoms with Gasteiger partial charge in [0.15, 0.2) is 0 Å². The van der Waals surface area contributed by atoms with Crippen LogP contribution in [0.15, 0.2) is 29.2 Å². The second kappa shape index (κ2) is 9.73. The molecular formula is C21H26N4O3S. The number of rotatable bonds is 10. The number of carbonyl (C=O) groups is 2. The number of nitrogens with two attached hydrogens (primary N) is 1. The molecule has 0 bridgehead atoms. The molecule has 1 aromatic carbocycles. The Hall–Kier alpha value is -2.61. The van der Waals surface area contributed by atoms with E-state index in [0.29, 0.717) is 42.5 Å². The topological polar surface area (TPSA) is 98.4 Å². The fourth-order valence-corrected chi connectivity index (χ4v) is 4.04. The largest absolute Gasteiger partial charge is 0.463 e. The van der Waals surface area contributed by atoms with E-state index >= 15 is 0 Å². The van der Waals surface area contributed by atoms with Gasteiger partial charge in [-0.3, -0.25) is 14.5 Å². The Labute approximate surface area is 175 Å². The zero-order valence-corrected chi connectivity index (χ0v) is 17.6. The molecule has 8 heteroatoms. The lowest BCUT2D eigenvalue weighted by Crippen LogP contribution is -2.29. The molecule has 1 aromatic heterocycles. The Morgan fingerprint density at radius 3 is 2.93 bits per heavy atom. The van der Waals surface area contributed by atoms with E-state index in [4.69, 9.17) is 10.5 Å². The summed E-state index contributed by atoms with van der Waals surface area (Å²) >= 11 is 1.64. The molecule has 2 N–H and O–H groups in total. The van der Waals surface area contributed by atoms with Gasteiger partial charge in [0, 0.05) is 29.2 Å². The molecule has 1 aliphatic rings. The first kappa shape index (κ1) is 21.1. The number of anilines is 2. The van der Waals surface area contributed by atoms with Crippen molar-refractivity contribution in [1.29, 1.82) is 0 Å². The summed E-state index contributed by atoms with van der Waals surface area (Å²) in [6.07, 6.45) is 2.57. The van der Waals surface area contributed by atoms with E-state index in [0.717, 1.165) is 23.3 Å². The summed E-state index contributed by atoms with van der Waals surface area (Å²) in [7, 11) is 0. The van der Waals surface area contributed by atoms with Gasteiger partial charge >= 0.3 is 6.01 Å². The average molecular weight is 415 g/mol. The molecule has 0 fully saturated rings. The summed E-state index contributed by atoms with van der Waals surface area (Å²) in [5, 5.41) is 0. The maximum atomic E-state index is 12.5. The van der Waals surface area contributed by atoms with Crippen LogP contribution in [0.3, 0.4) is 0 Å². The summed E-state index contributed by atoms with van der Waals surface area (Å²) in [5.41, 5.74) is 7.71. The molecule has 1 aliphatic heterocycles. The van der Waals surface area contributed by atoms with E-state index in [-0.39, 0.29) is 24.1 Å². The van der Waals surface area contributed by atoms with Gasteiger partial charge in [-0.15, -0.1) is 11.8 Å². The van der Waals surface area contributed by atoms with Crippen LogP contribution in [0.25, 0.3) is 0 Å². The first-order valence-corrected chi connectivity index (χ1v) is 10.8. The number of ketones is 1. The van der Waals surface area contributed by atoms with Crippen molar-refractivity contribution in [2.45, 2.75) is 44.4 Å². The number of hydrogen-bond donors (Lipinski definition) is 1. The zero-order valence-electron chi connectivity index (χ0n) is 16.8. The summed E-state index contributed by atoms with van der Waals surface area (Å²) in [6, 6.07) is 8.15. The van der Waals surface area contributed by atoms with Gasteiger partial charge in [0.1, 0.15) is 17.4 Å². The van der Waals surface area contributed by atoms with Gasteiger partial charge in [0.25, 0.3) is 0 Å². The van der Waals surface area contributed by atoms with Gasteiger partial charge in [-0.05, 0) is 31.0 Å². The maximum Gasteiger partial charge on any atom is 0.320 e. The third-order valence-electron chi connectivity index (χ3n) is 4.55. The van der Waals surface area contributed by atoms with E-state index < -0.39 is 0 Å². The van der Waals surface area contributed by atoms with Crippen LogP contribution >= 0.6 is 11.8 Å². The van der Waals surface area contributed by atoms with E-state index in [2.05, 4.69) is 16.9 Å². The average Bonchev–Trinajstić information content (AvgIpc) is 2.98. The Kier molecular flexibility index (Phi) is 7.09. The number of hydrogen-bond acceptors (Lipinski definition) is 7. The quantitative estimate of drug-likeness (QED) is 0.471. The van der Waals surface area contributed by atoms with Crippen LogP contribution in [0, 0.1) is 0 Å². The number of carbonyl (C=O) groups excluding carboxylic acids is 2. The number of ether oxygens (including phenoxy) is 1. The predicted octanol–water partition coefficient (Wildman–Crippen LogP) is 3.05. The number of benzene rings is 1. The van der Waals surface area contributed by atoms with Gasteiger partial charge in [0.05, 0.1) is 13.0 Å². The normalized spacial score (nSPS) is 12.9. The van der Waals surface area contributed by atoms with Gasteiger partial charge < -0.3 is 10.5 Å². The van der Waals surface area contributed by atoms with Crippen molar-refractivity contribution in [3.05, 3.63) is 35.4 Å². The highest BCUT2D eigenvalue weighted by atomic mass is 32.2. The molecule has 29 heavy (non-hydrogen) atoms. The van der Waals surface area contributed by atoms with Gasteiger partial charge in [0.2, 0.25) is 5.91 Å². The molecule has 1 amide bonds. The highest BCUT2D eigenvalue weighted by Gasteiger charge is 2.32. The van der Waals surface area contributed by atoms with Crippen LogP contribution in [-0.2, 0) is 22.4 Å². The van der Waals surface area contributed by atoms with Crippen LogP contribution in [0.2, 0.25) is 0 Å². The first-order valence-electron chi connectivity index (χ1n) is 9.78. The van der Waals surface area contributed by atoms with Crippen LogP contribution in [0.1, 0.15) is 37.8 Å². The number of nitrogens with zero attached hydrogens (tertiary/aromatic N) is 3. The predicted molar refractivity (Wildman–Crippen MR) is 114 cm³/mol. The van der Waals surface area contributed by atoms with Crippen molar-refractivity contribution >= 4 is 35.1 Å². The second-order valence-electron chi connectivity index (χ2n) is 6.99. The molecule has 3 rings (SSSR count). The fourth-order valence-electron chi connectivity index (χ4n) is 3.12. The molecule has 0 atom stereocenters. The van der Waals surface area contributed by atoms with Gasteiger partial charge in [-0.1, -0.05) is 25.5 Å². The maximum absolute atomic E-state index is 12.5. The molecule has 0 unspecified atom stereocenters. The molecule has 0 saturated heterocycles. The minimum Gasteiger partial charge on any atom is -0.463 e. The number of thioether (sulfide) groups is 1. The number of nitrogen functional groups attached to an aromatic ring is 1. The molecule has 7 nitrogen and oxygen atoms in total. The Morgan fingerprint density at radius 2 is 2.17 bits per heavy atom. The molecule has 2 heterocycles. The first-order chi connectivity index (χ1) is 14.0. The minimum absolute atomic E-state index is 0.0300. The zero-order chi connectivity index (χ0) is 20.8. The Balaban J connectivity index is 1.65. The van der Waals surface area contributed by atoms with Crippen LogP contribution in [0.5, 0.6) is 6.01 Å². The van der Waals surface area contributed by atoms with E-state index in [1.54, 1.807) is 23.6 Å². The smallest absolute Gasteiger partial charge is 0.320 e. The molecule has 0 spiro atoms. The molecule has 0 radical (unpaired) electrons. The third-order valence-corrected chi connectivity index (χ3v) is 5.52. The number of aromatic nitrogens is 2. The molecular weight excluding hydrogens is 388 g/mol. The standard InChI is InChI=1S/C21H26N4O3S/c1-3-4-9-28-21-23-19(22)17-13-18(27)25(20(17)24-21)8-10-29-16-7-5-6-15(12-16)11-14(2)26/h5-7,12H,3-4,8-11,13H2,1-2H3,(H2,22,23,24). The summed E-state index contributed by atoms with van der Waals surface area (Å²) in [5.74, 6) is 1.67. The van der Waals surface area contributed by atoms with Crippen molar-refractivity contribution < 1.29 is 14.3 Å². The Morgan fingerprint density at radius 1 is 1.34 bits per heavy atom. The van der Waals surface area contributed by atoms with E-state index in [9.17, 15) is 9.59 Å². The highest BCUT2D eigenvalue weighted by Crippen LogP contribution is 2.32. The van der Waals surface area contributed by atoms with Crippen molar-refractivity contribution in [3.8, 4) is 6.01 Å². The Bertz CT molecular complexity index is 903. The SMILES string of the molecule is CCCCOc1nc(N)c2c(n1)N(CCSc1cccc(CC(C)=O)c1)C(=O)C2. The number of amides is 1. The van der Waals surface area contributed by atoms with Crippen molar-refractivity contribution in [2.75, 3.05) is 29.5 Å². The van der Waals surface area contributed by atoms with Crippen molar-refractivity contribution in [1.82, 2.24) is 9.97 Å². The summed E-state index contributed by atoms with van der Waals surface area (Å²) in [4.78, 5) is 35.2. The summed E-state index contributed by atoms with van der Waals surface area (Å²) < 4.78 is 5.58. The summed E-state index contributed by atoms with van der Waals surface area (Å²) in [6.45, 7) is 4.70. The second-order valence-corrected chi connectivity index (χ2v) is 8.16.